The summed E-state index contributed by atoms with van der Waals surface area (Å²) < 4.78 is 37.1. The van der Waals surface area contributed by atoms with Crippen LogP contribution in [0.15, 0.2) is 18.2 Å². The zero-order valence-electron chi connectivity index (χ0n) is 7.74. The van der Waals surface area contributed by atoms with E-state index >= 15 is 0 Å². The highest BCUT2D eigenvalue weighted by Gasteiger charge is 2.41. The van der Waals surface area contributed by atoms with Crippen LogP contribution < -0.4 is 5.73 Å². The number of benzene rings is 1. The molecule has 1 aliphatic carbocycles. The molecule has 0 saturated heterocycles. The lowest BCUT2D eigenvalue weighted by molar-refractivity contribution is -0.137. The van der Waals surface area contributed by atoms with Gasteiger partial charge in [0.05, 0.1) is 10.6 Å². The standard InChI is InChI=1S/C10H9ClF3N/c11-8-5-6(9(15)3-4-9)1-2-7(8)10(12,13)14/h1-2,5H,3-4,15H2. The molecule has 0 spiro atoms. The van der Waals surface area contributed by atoms with Gasteiger partial charge < -0.3 is 5.73 Å². The Labute approximate surface area is 90.0 Å². The fourth-order valence-corrected chi connectivity index (χ4v) is 1.77. The second-order valence-electron chi connectivity index (χ2n) is 3.85. The van der Waals surface area contributed by atoms with Crippen molar-refractivity contribution in [3.05, 3.63) is 34.3 Å². The third-order valence-corrected chi connectivity index (χ3v) is 2.95. The molecule has 1 aromatic carbocycles. The predicted octanol–water partition coefficient (Wildman–Crippen LogP) is 3.31. The van der Waals surface area contributed by atoms with Gasteiger partial charge in [-0.15, -0.1) is 0 Å². The molecule has 1 fully saturated rings. The summed E-state index contributed by atoms with van der Waals surface area (Å²) in [7, 11) is 0. The van der Waals surface area contributed by atoms with Gasteiger partial charge in [-0.1, -0.05) is 17.7 Å². The Balaban J connectivity index is 2.39. The third-order valence-electron chi connectivity index (χ3n) is 2.64. The summed E-state index contributed by atoms with van der Waals surface area (Å²) in [6.45, 7) is 0. The summed E-state index contributed by atoms with van der Waals surface area (Å²) in [4.78, 5) is 0. The molecule has 1 nitrogen and oxygen atoms in total. The normalized spacial score (nSPS) is 19.0. The first kappa shape index (κ1) is 10.8. The van der Waals surface area contributed by atoms with Gasteiger partial charge in [-0.05, 0) is 30.5 Å². The van der Waals surface area contributed by atoms with Gasteiger partial charge >= 0.3 is 6.18 Å². The Kier molecular flexibility index (Phi) is 2.24. The molecule has 1 saturated carbocycles. The monoisotopic (exact) mass is 235 g/mol. The number of rotatable bonds is 1. The van der Waals surface area contributed by atoms with Crippen molar-refractivity contribution in [2.75, 3.05) is 0 Å². The topological polar surface area (TPSA) is 26.0 Å². The van der Waals surface area contributed by atoms with E-state index in [0.29, 0.717) is 5.56 Å². The van der Waals surface area contributed by atoms with Crippen molar-refractivity contribution >= 4 is 11.6 Å². The van der Waals surface area contributed by atoms with Crippen LogP contribution in [0.25, 0.3) is 0 Å². The van der Waals surface area contributed by atoms with E-state index in [4.69, 9.17) is 17.3 Å². The molecule has 0 atom stereocenters. The van der Waals surface area contributed by atoms with Gasteiger partial charge in [0, 0.05) is 5.54 Å². The maximum absolute atomic E-state index is 12.4. The molecule has 2 rings (SSSR count). The number of alkyl halides is 3. The lowest BCUT2D eigenvalue weighted by atomic mass is 10.0. The summed E-state index contributed by atoms with van der Waals surface area (Å²) in [6, 6.07) is 3.71. The second-order valence-corrected chi connectivity index (χ2v) is 4.26. The van der Waals surface area contributed by atoms with Gasteiger partial charge in [0.2, 0.25) is 0 Å². The van der Waals surface area contributed by atoms with Gasteiger partial charge in [-0.2, -0.15) is 13.2 Å². The lowest BCUT2D eigenvalue weighted by Crippen LogP contribution is -2.19. The first-order valence-electron chi connectivity index (χ1n) is 4.49. The predicted molar refractivity (Wildman–Crippen MR) is 51.6 cm³/mol. The molecule has 15 heavy (non-hydrogen) atoms. The van der Waals surface area contributed by atoms with E-state index in [1.807, 2.05) is 0 Å². The minimum atomic E-state index is -4.40. The zero-order chi connectivity index (χ0) is 11.3. The van der Waals surface area contributed by atoms with Gasteiger partial charge in [-0.3, -0.25) is 0 Å². The SMILES string of the molecule is NC1(c2ccc(C(F)(F)F)c(Cl)c2)CC1. The molecule has 2 N–H and O–H groups in total. The molecule has 82 valence electrons. The number of nitrogens with two attached hydrogens (primary N) is 1. The van der Waals surface area contributed by atoms with E-state index < -0.39 is 17.3 Å². The third kappa shape index (κ3) is 1.96. The van der Waals surface area contributed by atoms with Crippen LogP contribution in [-0.4, -0.2) is 0 Å². The highest BCUT2D eigenvalue weighted by atomic mass is 35.5. The molecule has 1 aromatic rings. The Morgan fingerprint density at radius 2 is 1.87 bits per heavy atom. The highest BCUT2D eigenvalue weighted by Crippen LogP contribution is 2.45. The average Bonchev–Trinajstić information content (AvgIpc) is 2.82. The first-order chi connectivity index (χ1) is 6.83. The van der Waals surface area contributed by atoms with Crippen molar-refractivity contribution in [3.8, 4) is 0 Å². The Morgan fingerprint density at radius 3 is 2.27 bits per heavy atom. The Hall–Kier alpha value is -0.740. The first-order valence-corrected chi connectivity index (χ1v) is 4.87. The smallest absolute Gasteiger partial charge is 0.321 e. The van der Waals surface area contributed by atoms with Crippen LogP contribution in [0.5, 0.6) is 0 Å². The van der Waals surface area contributed by atoms with Crippen molar-refractivity contribution in [1.29, 1.82) is 0 Å². The molecule has 0 amide bonds. The van der Waals surface area contributed by atoms with E-state index in [1.165, 1.54) is 12.1 Å². The van der Waals surface area contributed by atoms with Crippen LogP contribution in [0, 0.1) is 0 Å². The van der Waals surface area contributed by atoms with Crippen LogP contribution in [0.2, 0.25) is 5.02 Å². The number of halogens is 4. The maximum Gasteiger partial charge on any atom is 0.417 e. The summed E-state index contributed by atoms with van der Waals surface area (Å²) in [5.41, 5.74) is 5.28. The summed E-state index contributed by atoms with van der Waals surface area (Å²) in [5.74, 6) is 0. The second kappa shape index (κ2) is 3.12. The Bertz CT molecular complexity index is 396. The van der Waals surface area contributed by atoms with Crippen LogP contribution in [0.4, 0.5) is 13.2 Å². The summed E-state index contributed by atoms with van der Waals surface area (Å²) in [5, 5.41) is -0.281. The van der Waals surface area contributed by atoms with Crippen molar-refractivity contribution in [2.24, 2.45) is 5.73 Å². The molecular formula is C10H9ClF3N. The van der Waals surface area contributed by atoms with E-state index in [-0.39, 0.29) is 5.02 Å². The molecule has 0 bridgehead atoms. The fraction of sp³-hybridized carbons (Fsp3) is 0.400. The largest absolute Gasteiger partial charge is 0.417 e. The molecule has 1 aliphatic rings. The van der Waals surface area contributed by atoms with Crippen LogP contribution in [0.3, 0.4) is 0 Å². The molecule has 5 heteroatoms. The van der Waals surface area contributed by atoms with Gasteiger partial charge in [0.1, 0.15) is 0 Å². The summed E-state index contributed by atoms with van der Waals surface area (Å²) in [6.07, 6.45) is -2.80. The van der Waals surface area contributed by atoms with Gasteiger partial charge in [0.15, 0.2) is 0 Å². The van der Waals surface area contributed by atoms with Crippen LogP contribution in [0.1, 0.15) is 24.0 Å². The van der Waals surface area contributed by atoms with E-state index in [1.54, 1.807) is 0 Å². The zero-order valence-corrected chi connectivity index (χ0v) is 8.49. The van der Waals surface area contributed by atoms with Crippen LogP contribution in [-0.2, 0) is 11.7 Å². The van der Waals surface area contributed by atoms with E-state index in [9.17, 15) is 13.2 Å². The molecule has 0 radical (unpaired) electrons. The molecular weight excluding hydrogens is 227 g/mol. The van der Waals surface area contributed by atoms with Crippen molar-refractivity contribution < 1.29 is 13.2 Å². The van der Waals surface area contributed by atoms with Crippen molar-refractivity contribution in [3.63, 3.8) is 0 Å². The molecule has 0 heterocycles. The molecule has 0 unspecified atom stereocenters. The molecule has 0 aliphatic heterocycles. The fourth-order valence-electron chi connectivity index (χ4n) is 1.48. The maximum atomic E-state index is 12.4. The quantitative estimate of drug-likeness (QED) is 0.794. The minimum Gasteiger partial charge on any atom is -0.321 e. The van der Waals surface area contributed by atoms with Crippen molar-refractivity contribution in [1.82, 2.24) is 0 Å². The van der Waals surface area contributed by atoms with Crippen LogP contribution >= 0.6 is 11.6 Å². The summed E-state index contributed by atoms with van der Waals surface area (Å²) >= 11 is 5.57. The van der Waals surface area contributed by atoms with Crippen molar-refractivity contribution in [2.45, 2.75) is 24.6 Å². The van der Waals surface area contributed by atoms with E-state index in [0.717, 1.165) is 18.9 Å². The number of hydrogen-bond acceptors (Lipinski definition) is 1. The Morgan fingerprint density at radius 1 is 1.27 bits per heavy atom. The van der Waals surface area contributed by atoms with E-state index in [2.05, 4.69) is 0 Å². The van der Waals surface area contributed by atoms with Gasteiger partial charge in [0.25, 0.3) is 0 Å². The number of hydrogen-bond donors (Lipinski definition) is 1. The molecule has 0 aromatic heterocycles. The minimum absolute atomic E-state index is 0.281. The van der Waals surface area contributed by atoms with Gasteiger partial charge in [-0.25, -0.2) is 0 Å². The highest BCUT2D eigenvalue weighted by molar-refractivity contribution is 6.31. The average molecular weight is 236 g/mol. The lowest BCUT2D eigenvalue weighted by Gasteiger charge is -2.13.